The summed E-state index contributed by atoms with van der Waals surface area (Å²) < 4.78 is 21.9. The van der Waals surface area contributed by atoms with Crippen molar-refractivity contribution in [3.8, 4) is 28.7 Å². The molecule has 0 fully saturated rings. The van der Waals surface area contributed by atoms with E-state index in [4.69, 9.17) is 23.9 Å². The second kappa shape index (κ2) is 8.43. The lowest BCUT2D eigenvalue weighted by atomic mass is 9.93. The standard InChI is InChI=1S/C25H24N2O5/c1-29-21-9-8-16(12-23(21)30-2)25-26-18(15-7-10-22-24(11-15)32-14-31-22)13-19(27-25)17-5-3-4-6-20(17)28/h3-12,19,25,27-28H,13-14H2,1-2H3/t19-,25-/m1/s1. The maximum Gasteiger partial charge on any atom is 0.231 e. The smallest absolute Gasteiger partial charge is 0.231 e. The average molecular weight is 432 g/mol. The van der Waals surface area contributed by atoms with E-state index in [-0.39, 0.29) is 24.8 Å². The Labute approximate surface area is 186 Å². The van der Waals surface area contributed by atoms with Crippen molar-refractivity contribution in [2.75, 3.05) is 21.0 Å². The van der Waals surface area contributed by atoms with Crippen molar-refractivity contribution < 1.29 is 24.1 Å². The molecule has 2 aliphatic rings. The number of aromatic hydroxyl groups is 1. The molecule has 0 spiro atoms. The summed E-state index contributed by atoms with van der Waals surface area (Å²) in [5.41, 5.74) is 3.63. The Bertz CT molecular complexity index is 1180. The predicted molar refractivity (Wildman–Crippen MR) is 120 cm³/mol. The molecule has 3 aromatic rings. The predicted octanol–water partition coefficient (Wildman–Crippen LogP) is 4.36. The zero-order valence-electron chi connectivity index (χ0n) is 17.9. The summed E-state index contributed by atoms with van der Waals surface area (Å²) in [5.74, 6) is 2.99. The molecule has 2 atom stereocenters. The van der Waals surface area contributed by atoms with E-state index in [1.165, 1.54) is 0 Å². The second-order valence-corrected chi connectivity index (χ2v) is 7.64. The number of nitrogens with zero attached hydrogens (tertiary/aromatic N) is 1. The third-order valence-corrected chi connectivity index (χ3v) is 5.78. The van der Waals surface area contributed by atoms with Gasteiger partial charge in [0.25, 0.3) is 0 Å². The number of phenols is 1. The lowest BCUT2D eigenvalue weighted by molar-refractivity contribution is 0.174. The summed E-state index contributed by atoms with van der Waals surface area (Å²) >= 11 is 0. The second-order valence-electron chi connectivity index (χ2n) is 7.64. The molecule has 3 aromatic carbocycles. The Morgan fingerprint density at radius 1 is 0.938 bits per heavy atom. The van der Waals surface area contributed by atoms with Gasteiger partial charge in [0.15, 0.2) is 23.0 Å². The van der Waals surface area contributed by atoms with Gasteiger partial charge in [-0.3, -0.25) is 10.3 Å². The van der Waals surface area contributed by atoms with Crippen LogP contribution in [0.5, 0.6) is 28.7 Å². The van der Waals surface area contributed by atoms with Crippen LogP contribution in [-0.4, -0.2) is 31.8 Å². The van der Waals surface area contributed by atoms with E-state index in [1.54, 1.807) is 20.3 Å². The number of nitrogens with one attached hydrogen (secondary N) is 1. The Morgan fingerprint density at radius 2 is 1.75 bits per heavy atom. The number of phenolic OH excluding ortho intramolecular Hbond substituents is 1. The Hall–Kier alpha value is -3.71. The molecule has 0 aliphatic carbocycles. The van der Waals surface area contributed by atoms with Gasteiger partial charge in [0.05, 0.1) is 14.2 Å². The molecule has 164 valence electrons. The van der Waals surface area contributed by atoms with Crippen molar-refractivity contribution in [2.45, 2.75) is 18.6 Å². The lowest BCUT2D eigenvalue weighted by Gasteiger charge is -2.31. The van der Waals surface area contributed by atoms with Crippen LogP contribution < -0.4 is 24.3 Å². The molecular weight excluding hydrogens is 408 g/mol. The fourth-order valence-electron chi connectivity index (χ4n) is 4.13. The Morgan fingerprint density at radius 3 is 2.56 bits per heavy atom. The highest BCUT2D eigenvalue weighted by atomic mass is 16.7. The van der Waals surface area contributed by atoms with Crippen LogP contribution in [0.3, 0.4) is 0 Å². The van der Waals surface area contributed by atoms with Gasteiger partial charge in [0.2, 0.25) is 6.79 Å². The minimum atomic E-state index is -0.339. The largest absolute Gasteiger partial charge is 0.508 e. The first-order chi connectivity index (χ1) is 15.7. The molecule has 2 N–H and O–H groups in total. The molecule has 0 bridgehead atoms. The first-order valence-corrected chi connectivity index (χ1v) is 10.4. The SMILES string of the molecule is COc1ccc([C@@H]2N=C(c3ccc4c(c3)OCO4)C[C@H](c3ccccc3O)N2)cc1OC. The number of hydrogen-bond acceptors (Lipinski definition) is 7. The normalized spacial score (nSPS) is 19.4. The number of para-hydroxylation sites is 1. The van der Waals surface area contributed by atoms with Crippen molar-refractivity contribution in [1.29, 1.82) is 0 Å². The molecule has 0 radical (unpaired) electrons. The zero-order chi connectivity index (χ0) is 22.1. The Balaban J connectivity index is 1.57. The van der Waals surface area contributed by atoms with Crippen molar-refractivity contribution in [3.63, 3.8) is 0 Å². The van der Waals surface area contributed by atoms with Crippen molar-refractivity contribution in [3.05, 3.63) is 77.4 Å². The van der Waals surface area contributed by atoms with Gasteiger partial charge < -0.3 is 24.1 Å². The highest BCUT2D eigenvalue weighted by Crippen LogP contribution is 2.38. The zero-order valence-corrected chi connectivity index (χ0v) is 17.9. The first-order valence-electron chi connectivity index (χ1n) is 10.4. The maximum atomic E-state index is 10.5. The minimum Gasteiger partial charge on any atom is -0.508 e. The fourth-order valence-corrected chi connectivity index (χ4v) is 4.13. The van der Waals surface area contributed by atoms with Crippen molar-refractivity contribution in [2.24, 2.45) is 4.99 Å². The van der Waals surface area contributed by atoms with E-state index < -0.39 is 0 Å². The van der Waals surface area contributed by atoms with Gasteiger partial charge in [0, 0.05) is 23.7 Å². The van der Waals surface area contributed by atoms with Crippen LogP contribution in [0.1, 0.15) is 35.3 Å². The van der Waals surface area contributed by atoms with Crippen molar-refractivity contribution in [1.82, 2.24) is 5.32 Å². The van der Waals surface area contributed by atoms with Gasteiger partial charge in [-0.15, -0.1) is 0 Å². The highest BCUT2D eigenvalue weighted by molar-refractivity contribution is 6.02. The van der Waals surface area contributed by atoms with E-state index in [2.05, 4.69) is 5.32 Å². The monoisotopic (exact) mass is 432 g/mol. The molecule has 0 amide bonds. The topological polar surface area (TPSA) is 81.5 Å². The molecular formula is C25H24N2O5. The number of aliphatic imine (C=N–C) groups is 1. The number of benzene rings is 3. The number of ether oxygens (including phenoxy) is 4. The molecule has 7 nitrogen and oxygen atoms in total. The lowest BCUT2D eigenvalue weighted by Crippen LogP contribution is -2.33. The van der Waals surface area contributed by atoms with Crippen LogP contribution in [0.15, 0.2) is 65.7 Å². The van der Waals surface area contributed by atoms with E-state index >= 15 is 0 Å². The molecule has 0 unspecified atom stereocenters. The molecule has 0 saturated heterocycles. The molecule has 7 heteroatoms. The molecule has 5 rings (SSSR count). The Kier molecular flexibility index (Phi) is 5.33. The van der Waals surface area contributed by atoms with Crippen LogP contribution in [0.2, 0.25) is 0 Å². The fraction of sp³-hybridized carbons (Fsp3) is 0.240. The van der Waals surface area contributed by atoms with Crippen LogP contribution in [0, 0.1) is 0 Å². The van der Waals surface area contributed by atoms with Crippen LogP contribution >= 0.6 is 0 Å². The van der Waals surface area contributed by atoms with Crippen molar-refractivity contribution >= 4 is 5.71 Å². The third kappa shape index (κ3) is 3.71. The summed E-state index contributed by atoms with van der Waals surface area (Å²) in [6.45, 7) is 0.224. The van der Waals surface area contributed by atoms with Gasteiger partial charge >= 0.3 is 0 Å². The van der Waals surface area contributed by atoms with E-state index in [0.29, 0.717) is 23.7 Å². The summed E-state index contributed by atoms with van der Waals surface area (Å²) in [6, 6.07) is 18.9. The van der Waals surface area contributed by atoms with Gasteiger partial charge in [-0.1, -0.05) is 24.3 Å². The maximum absolute atomic E-state index is 10.5. The summed E-state index contributed by atoms with van der Waals surface area (Å²) in [7, 11) is 3.22. The molecule has 0 aromatic heterocycles. The molecule has 2 aliphatic heterocycles. The van der Waals surface area contributed by atoms with Crippen LogP contribution in [0.25, 0.3) is 0 Å². The van der Waals surface area contributed by atoms with E-state index in [0.717, 1.165) is 28.2 Å². The first kappa shape index (κ1) is 20.2. The van der Waals surface area contributed by atoms with Gasteiger partial charge in [-0.2, -0.15) is 0 Å². The molecule has 32 heavy (non-hydrogen) atoms. The number of methoxy groups -OCH3 is 2. The minimum absolute atomic E-state index is 0.132. The number of fused-ring (bicyclic) bond motifs is 1. The van der Waals surface area contributed by atoms with Gasteiger partial charge in [-0.25, -0.2) is 0 Å². The third-order valence-electron chi connectivity index (χ3n) is 5.78. The quantitative estimate of drug-likeness (QED) is 0.624. The van der Waals surface area contributed by atoms with E-state index in [9.17, 15) is 5.11 Å². The van der Waals surface area contributed by atoms with E-state index in [1.807, 2.05) is 54.6 Å². The number of hydrogen-bond donors (Lipinski definition) is 2. The van der Waals surface area contributed by atoms with Gasteiger partial charge in [0.1, 0.15) is 11.9 Å². The van der Waals surface area contributed by atoms with Crippen LogP contribution in [0.4, 0.5) is 0 Å². The summed E-state index contributed by atoms with van der Waals surface area (Å²) in [6.07, 6.45) is 0.273. The average Bonchev–Trinajstić information content (AvgIpc) is 3.31. The molecule has 2 heterocycles. The highest BCUT2D eigenvalue weighted by Gasteiger charge is 2.29. The van der Waals surface area contributed by atoms with Gasteiger partial charge in [-0.05, 0) is 47.5 Å². The van der Waals surface area contributed by atoms with Crippen LogP contribution in [-0.2, 0) is 0 Å². The molecule has 0 saturated carbocycles. The number of rotatable bonds is 5. The summed E-state index contributed by atoms with van der Waals surface area (Å²) in [5, 5.41) is 14.1. The summed E-state index contributed by atoms with van der Waals surface area (Å²) in [4.78, 5) is 5.02.